The van der Waals surface area contributed by atoms with Crippen molar-refractivity contribution in [3.05, 3.63) is 146 Å². The summed E-state index contributed by atoms with van der Waals surface area (Å²) in [6.07, 6.45) is 0. The number of fused-ring (bicyclic) bond motifs is 6. The third kappa shape index (κ3) is 6.12. The predicted molar refractivity (Wildman–Crippen MR) is 209 cm³/mol. The molecule has 2 N–H and O–H groups in total. The molecule has 0 aliphatic carbocycles. The smallest absolute Gasteiger partial charge is 0.282 e. The van der Waals surface area contributed by atoms with Crippen molar-refractivity contribution in [2.75, 3.05) is 0 Å². The number of rotatable bonds is 6. The number of benzene rings is 5. The van der Waals surface area contributed by atoms with Gasteiger partial charge in [-0.25, -0.2) is 19.9 Å². The van der Waals surface area contributed by atoms with Gasteiger partial charge in [0, 0.05) is 43.8 Å². The molecule has 0 saturated heterocycles. The van der Waals surface area contributed by atoms with Gasteiger partial charge in [-0.1, -0.05) is 91.0 Å². The van der Waals surface area contributed by atoms with E-state index in [1.165, 1.54) is 24.3 Å². The Bertz CT molecular complexity index is 3030. The number of hydrogen-bond acceptors (Lipinski definition) is 8. The fourth-order valence-corrected chi connectivity index (χ4v) is 7.70. The Hall–Kier alpha value is -6.44. The summed E-state index contributed by atoms with van der Waals surface area (Å²) in [5.74, 6) is 0. The molecule has 10 nitrogen and oxygen atoms in total. The Labute approximate surface area is 309 Å². The van der Waals surface area contributed by atoms with Gasteiger partial charge in [-0.05, 0) is 54.6 Å². The Morgan fingerprint density at radius 1 is 0.333 bits per heavy atom. The zero-order valence-electron chi connectivity index (χ0n) is 28.0. The first-order valence-electron chi connectivity index (χ1n) is 16.7. The second-order valence-electron chi connectivity index (χ2n) is 12.8. The van der Waals surface area contributed by atoms with Crippen molar-refractivity contribution in [3.8, 4) is 45.0 Å². The highest BCUT2D eigenvalue weighted by atomic mass is 32.2. The highest BCUT2D eigenvalue weighted by Crippen LogP contribution is 2.33. The van der Waals surface area contributed by atoms with Crippen LogP contribution in [-0.2, 0) is 20.2 Å². The largest absolute Gasteiger partial charge is 0.294 e. The lowest BCUT2D eigenvalue weighted by Gasteiger charge is -2.10. The molecule has 0 spiro atoms. The zero-order chi connectivity index (χ0) is 37.2. The molecule has 9 aromatic rings. The van der Waals surface area contributed by atoms with Gasteiger partial charge >= 0.3 is 0 Å². The molecule has 0 amide bonds. The standard InChI is InChI=1S/C42H26N4O6S2/c47-53(48,49)33-8-2-6-31(23-33)37-20-16-27-12-10-25-14-18-35(43-39(25)41(27)45-37)29-4-1-5-30(22-29)36-19-15-26-11-13-28-17-21-38(46-42(28)40(26)44-36)32-7-3-9-34(24-32)54(50,51)52/h1-24H,(H,47,48,49)(H,50,51,52). The van der Waals surface area contributed by atoms with E-state index in [0.29, 0.717) is 44.6 Å². The van der Waals surface area contributed by atoms with E-state index in [0.717, 1.165) is 44.1 Å². The van der Waals surface area contributed by atoms with E-state index in [-0.39, 0.29) is 9.79 Å². The van der Waals surface area contributed by atoms with E-state index in [4.69, 9.17) is 19.9 Å². The molecule has 0 radical (unpaired) electrons. The van der Waals surface area contributed by atoms with Crippen molar-refractivity contribution in [3.63, 3.8) is 0 Å². The summed E-state index contributed by atoms with van der Waals surface area (Å²) in [6, 6.07) is 43.2. The molecule has 0 fully saturated rings. The Morgan fingerprint density at radius 3 is 0.889 bits per heavy atom. The van der Waals surface area contributed by atoms with Crippen LogP contribution in [0.5, 0.6) is 0 Å². The van der Waals surface area contributed by atoms with Crippen molar-refractivity contribution < 1.29 is 25.9 Å². The van der Waals surface area contributed by atoms with Gasteiger partial charge in [-0.2, -0.15) is 16.8 Å². The van der Waals surface area contributed by atoms with Gasteiger partial charge in [0.2, 0.25) is 0 Å². The molecule has 0 bridgehead atoms. The maximum absolute atomic E-state index is 11.8. The Morgan fingerprint density at radius 2 is 0.593 bits per heavy atom. The molecule has 0 unspecified atom stereocenters. The molecule has 4 heterocycles. The molecular weight excluding hydrogens is 721 g/mol. The van der Waals surface area contributed by atoms with Crippen LogP contribution < -0.4 is 0 Å². The molecule has 262 valence electrons. The quantitative estimate of drug-likeness (QED) is 0.124. The van der Waals surface area contributed by atoms with Gasteiger partial charge < -0.3 is 0 Å². The van der Waals surface area contributed by atoms with E-state index < -0.39 is 20.2 Å². The summed E-state index contributed by atoms with van der Waals surface area (Å²) in [6.45, 7) is 0. The van der Waals surface area contributed by atoms with E-state index in [2.05, 4.69) is 0 Å². The Balaban J connectivity index is 1.12. The molecule has 5 aromatic carbocycles. The lowest BCUT2D eigenvalue weighted by molar-refractivity contribution is 0.481. The highest BCUT2D eigenvalue weighted by molar-refractivity contribution is 7.86. The molecule has 12 heteroatoms. The lowest BCUT2D eigenvalue weighted by atomic mass is 10.0. The van der Waals surface area contributed by atoms with Crippen molar-refractivity contribution in [2.45, 2.75) is 9.79 Å². The maximum Gasteiger partial charge on any atom is 0.294 e. The molecule has 0 aliphatic rings. The zero-order valence-corrected chi connectivity index (χ0v) is 29.6. The number of pyridine rings is 4. The summed E-state index contributed by atoms with van der Waals surface area (Å²) in [5, 5.41) is 3.51. The van der Waals surface area contributed by atoms with Crippen molar-refractivity contribution >= 4 is 63.8 Å². The van der Waals surface area contributed by atoms with Gasteiger partial charge in [0.25, 0.3) is 20.2 Å². The summed E-state index contributed by atoms with van der Waals surface area (Å²) in [7, 11) is -8.76. The molecule has 54 heavy (non-hydrogen) atoms. The minimum atomic E-state index is -4.38. The van der Waals surface area contributed by atoms with Crippen LogP contribution in [0, 0.1) is 0 Å². The van der Waals surface area contributed by atoms with Crippen molar-refractivity contribution in [2.24, 2.45) is 0 Å². The van der Waals surface area contributed by atoms with Crippen LogP contribution in [0.15, 0.2) is 155 Å². The fraction of sp³-hybridized carbons (Fsp3) is 0. The third-order valence-electron chi connectivity index (χ3n) is 9.35. The van der Waals surface area contributed by atoms with Crippen LogP contribution >= 0.6 is 0 Å². The summed E-state index contributed by atoms with van der Waals surface area (Å²) in [5.41, 5.74) is 8.01. The molecule has 0 saturated carbocycles. The van der Waals surface area contributed by atoms with Crippen LogP contribution in [0.1, 0.15) is 0 Å². The SMILES string of the molecule is O=S(=O)(O)c1cccc(-c2ccc3ccc4ccc(-c5cccc(-c6ccc7ccc8ccc(-c9cccc(S(=O)(=O)O)c9)nc8c7n6)c5)nc4c3n2)c1. The number of nitrogens with zero attached hydrogens (tertiary/aromatic N) is 4. The van der Waals surface area contributed by atoms with Gasteiger partial charge in [0.1, 0.15) is 0 Å². The first-order chi connectivity index (χ1) is 26.0. The average molecular weight is 747 g/mol. The van der Waals surface area contributed by atoms with Crippen LogP contribution in [0.2, 0.25) is 0 Å². The second kappa shape index (κ2) is 12.6. The molecular formula is C42H26N4O6S2. The van der Waals surface area contributed by atoms with E-state index in [1.807, 2.05) is 97.1 Å². The first kappa shape index (κ1) is 33.4. The Kier molecular flexibility index (Phi) is 7.80. The lowest BCUT2D eigenvalue weighted by Crippen LogP contribution is -1.98. The minimum absolute atomic E-state index is 0.209. The normalized spacial score (nSPS) is 12.2. The fourth-order valence-electron chi connectivity index (χ4n) is 6.65. The van der Waals surface area contributed by atoms with Crippen LogP contribution in [-0.4, -0.2) is 45.9 Å². The molecule has 0 atom stereocenters. The average Bonchev–Trinajstić information content (AvgIpc) is 3.19. The second-order valence-corrected chi connectivity index (χ2v) is 15.6. The maximum atomic E-state index is 11.8. The summed E-state index contributed by atoms with van der Waals surface area (Å²) >= 11 is 0. The van der Waals surface area contributed by atoms with Gasteiger partial charge in [-0.3, -0.25) is 9.11 Å². The third-order valence-corrected chi connectivity index (χ3v) is 11.0. The number of hydrogen-bond donors (Lipinski definition) is 2. The topological polar surface area (TPSA) is 160 Å². The molecule has 9 rings (SSSR count). The van der Waals surface area contributed by atoms with Crippen LogP contribution in [0.4, 0.5) is 0 Å². The van der Waals surface area contributed by atoms with Crippen molar-refractivity contribution in [1.82, 2.24) is 19.9 Å². The van der Waals surface area contributed by atoms with Crippen LogP contribution in [0.25, 0.3) is 88.6 Å². The van der Waals surface area contributed by atoms with E-state index in [9.17, 15) is 25.9 Å². The molecule has 4 aromatic heterocycles. The van der Waals surface area contributed by atoms with Crippen molar-refractivity contribution in [1.29, 1.82) is 0 Å². The van der Waals surface area contributed by atoms with Gasteiger partial charge in [-0.15, -0.1) is 0 Å². The van der Waals surface area contributed by atoms with Gasteiger partial charge in [0.05, 0.1) is 54.6 Å². The summed E-state index contributed by atoms with van der Waals surface area (Å²) in [4.78, 5) is 19.5. The van der Waals surface area contributed by atoms with E-state index in [1.54, 1.807) is 24.3 Å². The number of aromatic nitrogens is 4. The minimum Gasteiger partial charge on any atom is -0.282 e. The van der Waals surface area contributed by atoms with Crippen LogP contribution in [0.3, 0.4) is 0 Å². The molecule has 0 aliphatic heterocycles. The monoisotopic (exact) mass is 746 g/mol. The summed E-state index contributed by atoms with van der Waals surface area (Å²) < 4.78 is 66.3. The highest BCUT2D eigenvalue weighted by Gasteiger charge is 2.15. The van der Waals surface area contributed by atoms with E-state index >= 15 is 0 Å². The predicted octanol–water partition coefficient (Wildman–Crippen LogP) is 9.04. The first-order valence-corrected chi connectivity index (χ1v) is 19.5. The van der Waals surface area contributed by atoms with Gasteiger partial charge in [0.15, 0.2) is 0 Å².